The maximum atomic E-state index is 12.1. The molecule has 5 nitrogen and oxygen atoms in total. The maximum absolute atomic E-state index is 12.1. The molecule has 0 amide bonds. The summed E-state index contributed by atoms with van der Waals surface area (Å²) in [4.78, 5) is 12.1. The van der Waals surface area contributed by atoms with Crippen molar-refractivity contribution in [3.8, 4) is 5.75 Å². The third kappa shape index (κ3) is 3.87. The number of benzene rings is 1. The van der Waals surface area contributed by atoms with E-state index < -0.39 is 24.1 Å². The van der Waals surface area contributed by atoms with Crippen molar-refractivity contribution in [2.75, 3.05) is 6.61 Å². The van der Waals surface area contributed by atoms with Crippen LogP contribution in [0.4, 0.5) is 0 Å². The molecule has 1 heterocycles. The number of esters is 1. The van der Waals surface area contributed by atoms with Crippen LogP contribution in [0.25, 0.3) is 0 Å². The van der Waals surface area contributed by atoms with E-state index in [-0.39, 0.29) is 24.7 Å². The van der Waals surface area contributed by atoms with Crippen LogP contribution in [-0.4, -0.2) is 36.0 Å². The second-order valence-corrected chi connectivity index (χ2v) is 7.38. The molecule has 1 unspecified atom stereocenters. The zero-order valence-electron chi connectivity index (χ0n) is 14.8. The third-order valence-corrected chi connectivity index (χ3v) is 4.92. The molecule has 1 aliphatic heterocycles. The number of hydrogen-bond donors (Lipinski definition) is 1. The lowest BCUT2D eigenvalue weighted by atomic mass is 9.66. The van der Waals surface area contributed by atoms with Gasteiger partial charge in [-0.2, -0.15) is 0 Å². The molecule has 0 aliphatic carbocycles. The van der Waals surface area contributed by atoms with Gasteiger partial charge in [0.15, 0.2) is 0 Å². The summed E-state index contributed by atoms with van der Waals surface area (Å²) in [7, 11) is -0.691. The smallest absolute Gasteiger partial charge is 0.466 e. The van der Waals surface area contributed by atoms with E-state index in [4.69, 9.17) is 25.6 Å². The molecule has 1 atom stereocenters. The van der Waals surface area contributed by atoms with E-state index in [2.05, 4.69) is 0 Å². The Morgan fingerprint density at radius 1 is 1.29 bits per heavy atom. The first kappa shape index (κ1) is 19.1. The molecule has 0 aromatic heterocycles. The van der Waals surface area contributed by atoms with Crippen molar-refractivity contribution in [1.82, 2.24) is 0 Å². The lowest BCUT2D eigenvalue weighted by Crippen LogP contribution is -2.41. The van der Waals surface area contributed by atoms with E-state index >= 15 is 0 Å². The summed E-state index contributed by atoms with van der Waals surface area (Å²) in [5.41, 5.74) is -0.577. The van der Waals surface area contributed by atoms with Gasteiger partial charge in [0, 0.05) is 10.8 Å². The zero-order valence-corrected chi connectivity index (χ0v) is 15.5. The quantitative estimate of drug-likeness (QED) is 0.645. The molecule has 1 fully saturated rings. The highest BCUT2D eigenvalue weighted by Crippen LogP contribution is 2.43. The monoisotopic (exact) mass is 354 g/mol. The minimum absolute atomic E-state index is 0.0264. The number of phenolic OH excluding ortho intramolecular Hbond substituents is 1. The molecule has 132 valence electrons. The summed E-state index contributed by atoms with van der Waals surface area (Å²) >= 11 is 6.07. The van der Waals surface area contributed by atoms with E-state index in [0.717, 1.165) is 0 Å². The van der Waals surface area contributed by atoms with Crippen LogP contribution in [0.3, 0.4) is 0 Å². The van der Waals surface area contributed by atoms with Gasteiger partial charge in [0.2, 0.25) is 0 Å². The van der Waals surface area contributed by atoms with Crippen molar-refractivity contribution >= 4 is 24.7 Å². The van der Waals surface area contributed by atoms with Crippen LogP contribution in [0.15, 0.2) is 18.2 Å². The van der Waals surface area contributed by atoms with Crippen LogP contribution in [0.1, 0.15) is 52.4 Å². The van der Waals surface area contributed by atoms with E-state index in [1.165, 1.54) is 6.07 Å². The highest BCUT2D eigenvalue weighted by atomic mass is 35.5. The molecular formula is C17H24BClO5. The van der Waals surface area contributed by atoms with E-state index in [0.29, 0.717) is 10.6 Å². The third-order valence-electron chi connectivity index (χ3n) is 4.68. The molecule has 1 aromatic carbocycles. The van der Waals surface area contributed by atoms with Gasteiger partial charge in [-0.3, -0.25) is 4.79 Å². The molecule has 0 radical (unpaired) electrons. The molecular weight excluding hydrogens is 330 g/mol. The van der Waals surface area contributed by atoms with Crippen molar-refractivity contribution in [3.63, 3.8) is 0 Å². The predicted octanol–water partition coefficient (Wildman–Crippen LogP) is 3.71. The number of aromatic hydroxyl groups is 1. The largest absolute Gasteiger partial charge is 0.508 e. The van der Waals surface area contributed by atoms with Gasteiger partial charge in [-0.1, -0.05) is 11.6 Å². The average molecular weight is 355 g/mol. The van der Waals surface area contributed by atoms with Crippen LogP contribution in [-0.2, 0) is 18.8 Å². The number of carbonyl (C=O) groups is 1. The van der Waals surface area contributed by atoms with Gasteiger partial charge in [0.1, 0.15) is 5.75 Å². The second-order valence-electron chi connectivity index (χ2n) is 6.94. The Balaban J connectivity index is 2.37. The molecule has 1 N–H and O–H groups in total. The van der Waals surface area contributed by atoms with Crippen LogP contribution in [0.2, 0.25) is 5.02 Å². The van der Waals surface area contributed by atoms with Crippen molar-refractivity contribution in [3.05, 3.63) is 28.8 Å². The van der Waals surface area contributed by atoms with Crippen LogP contribution < -0.4 is 0 Å². The fraction of sp³-hybridized carbons (Fsp3) is 0.588. The van der Waals surface area contributed by atoms with E-state index in [1.807, 2.05) is 27.7 Å². The summed E-state index contributed by atoms with van der Waals surface area (Å²) in [5, 5.41) is 10.7. The van der Waals surface area contributed by atoms with Crippen LogP contribution in [0.5, 0.6) is 5.75 Å². The topological polar surface area (TPSA) is 65.0 Å². The summed E-state index contributed by atoms with van der Waals surface area (Å²) < 4.78 is 17.2. The Bertz CT molecular complexity index is 601. The van der Waals surface area contributed by atoms with E-state index in [9.17, 15) is 9.90 Å². The summed E-state index contributed by atoms with van der Waals surface area (Å²) in [5.74, 6) is -0.858. The second kappa shape index (κ2) is 6.94. The fourth-order valence-corrected chi connectivity index (χ4v) is 2.81. The average Bonchev–Trinajstić information content (AvgIpc) is 2.68. The van der Waals surface area contributed by atoms with Gasteiger partial charge < -0.3 is 19.2 Å². The number of hydrogen-bond acceptors (Lipinski definition) is 5. The van der Waals surface area contributed by atoms with Crippen molar-refractivity contribution < 1.29 is 23.9 Å². The minimum atomic E-state index is -0.691. The highest BCUT2D eigenvalue weighted by Gasteiger charge is 2.54. The number of phenols is 1. The SMILES string of the molecule is CCOC(=O)CC(B1OC(C)(C)C(C)(C)O1)c1cc(Cl)ccc1O. The predicted molar refractivity (Wildman–Crippen MR) is 93.2 cm³/mol. The van der Waals surface area contributed by atoms with Crippen LogP contribution >= 0.6 is 11.6 Å². The number of rotatable bonds is 5. The van der Waals surface area contributed by atoms with Gasteiger partial charge in [-0.25, -0.2) is 0 Å². The number of carbonyl (C=O) groups excluding carboxylic acids is 1. The Labute approximate surface area is 148 Å². The molecule has 1 saturated heterocycles. The number of ether oxygens (including phenoxy) is 1. The maximum Gasteiger partial charge on any atom is 0.466 e. The van der Waals surface area contributed by atoms with Crippen LogP contribution in [0, 0.1) is 0 Å². The van der Waals surface area contributed by atoms with Crippen molar-refractivity contribution in [2.45, 2.75) is 58.1 Å². The normalized spacial score (nSPS) is 20.0. The molecule has 0 bridgehead atoms. The molecule has 1 aromatic rings. The Hall–Kier alpha value is -1.24. The molecule has 7 heteroatoms. The van der Waals surface area contributed by atoms with Crippen molar-refractivity contribution in [1.29, 1.82) is 0 Å². The van der Waals surface area contributed by atoms with Gasteiger partial charge >= 0.3 is 13.1 Å². The van der Waals surface area contributed by atoms with Gasteiger partial charge in [-0.15, -0.1) is 0 Å². The van der Waals surface area contributed by atoms with E-state index in [1.54, 1.807) is 19.1 Å². The Morgan fingerprint density at radius 3 is 2.42 bits per heavy atom. The molecule has 1 aliphatic rings. The van der Waals surface area contributed by atoms with Gasteiger partial charge in [0.25, 0.3) is 0 Å². The molecule has 0 spiro atoms. The van der Waals surface area contributed by atoms with Crippen molar-refractivity contribution in [2.24, 2.45) is 0 Å². The summed E-state index contributed by atoms with van der Waals surface area (Å²) in [6, 6.07) is 4.72. The zero-order chi connectivity index (χ0) is 18.1. The minimum Gasteiger partial charge on any atom is -0.508 e. The first-order valence-electron chi connectivity index (χ1n) is 8.07. The van der Waals surface area contributed by atoms with Gasteiger partial charge in [0.05, 0.1) is 24.2 Å². The highest BCUT2D eigenvalue weighted by molar-refractivity contribution is 6.48. The first-order valence-corrected chi connectivity index (χ1v) is 8.45. The molecule has 0 saturated carbocycles. The summed E-state index contributed by atoms with van der Waals surface area (Å²) in [6.07, 6.45) is 0.0264. The lowest BCUT2D eigenvalue weighted by molar-refractivity contribution is -0.143. The number of halogens is 1. The fourth-order valence-electron chi connectivity index (χ4n) is 2.63. The Kier molecular flexibility index (Phi) is 5.52. The first-order chi connectivity index (χ1) is 11.1. The van der Waals surface area contributed by atoms with Gasteiger partial charge in [-0.05, 0) is 58.4 Å². The summed E-state index contributed by atoms with van der Waals surface area (Å²) in [6.45, 7) is 9.78. The molecule has 24 heavy (non-hydrogen) atoms. The lowest BCUT2D eigenvalue weighted by Gasteiger charge is -2.32. The molecule has 2 rings (SSSR count). The standard InChI is InChI=1S/C17H24BClO5/c1-6-22-15(21)10-13(12-9-11(19)7-8-14(12)20)18-23-16(2,3)17(4,5)24-18/h7-9,13,20H,6,10H2,1-5H3. The Morgan fingerprint density at radius 2 is 1.88 bits per heavy atom.